The van der Waals surface area contributed by atoms with Crippen molar-refractivity contribution in [2.75, 3.05) is 6.54 Å². The lowest BCUT2D eigenvalue weighted by atomic mass is 10.2. The van der Waals surface area contributed by atoms with Crippen LogP contribution in [0.25, 0.3) is 10.9 Å². The number of hydrogen-bond acceptors (Lipinski definition) is 4. The third kappa shape index (κ3) is 3.89. The first kappa shape index (κ1) is 16.8. The van der Waals surface area contributed by atoms with E-state index in [2.05, 4.69) is 37.1 Å². The van der Waals surface area contributed by atoms with Gasteiger partial charge in [0.15, 0.2) is 10.4 Å². The Kier molecular flexibility index (Phi) is 4.85. The van der Waals surface area contributed by atoms with Gasteiger partial charge in [-0.3, -0.25) is 25.2 Å². The van der Waals surface area contributed by atoms with Gasteiger partial charge in [-0.05, 0) is 34.1 Å². The lowest BCUT2D eigenvalue weighted by Crippen LogP contribution is -2.46. The van der Waals surface area contributed by atoms with Crippen LogP contribution in [0.2, 0.25) is 0 Å². The van der Waals surface area contributed by atoms with E-state index >= 15 is 0 Å². The van der Waals surface area contributed by atoms with Crippen molar-refractivity contribution < 1.29 is 18.8 Å². The van der Waals surface area contributed by atoms with Crippen LogP contribution in [0.3, 0.4) is 0 Å². The van der Waals surface area contributed by atoms with E-state index in [9.17, 15) is 14.4 Å². The van der Waals surface area contributed by atoms with E-state index in [-0.39, 0.29) is 12.3 Å². The third-order valence-electron chi connectivity index (χ3n) is 3.36. The molecule has 0 unspecified atom stereocenters. The molecule has 0 aliphatic rings. The van der Waals surface area contributed by atoms with Crippen molar-refractivity contribution in [2.45, 2.75) is 0 Å². The number of fused-ring (bicyclic) bond motifs is 1. The highest BCUT2D eigenvalue weighted by molar-refractivity contribution is 9.10. The Morgan fingerprint density at radius 2 is 1.84 bits per heavy atom. The number of para-hydroxylation sites is 1. The molecule has 4 N–H and O–H groups in total. The molecule has 0 saturated carbocycles. The first-order valence-corrected chi connectivity index (χ1v) is 8.03. The molecule has 1 aromatic carbocycles. The Labute approximate surface area is 150 Å². The molecule has 0 fully saturated rings. The number of benzene rings is 1. The minimum atomic E-state index is -0.577. The van der Waals surface area contributed by atoms with Gasteiger partial charge < -0.3 is 14.7 Å². The van der Waals surface area contributed by atoms with E-state index in [0.29, 0.717) is 10.2 Å². The fourth-order valence-corrected chi connectivity index (χ4v) is 2.49. The number of halogens is 1. The van der Waals surface area contributed by atoms with E-state index < -0.39 is 17.7 Å². The average molecular weight is 405 g/mol. The second-order valence-electron chi connectivity index (χ2n) is 5.04. The largest absolute Gasteiger partial charge is 0.444 e. The highest BCUT2D eigenvalue weighted by Gasteiger charge is 2.14. The van der Waals surface area contributed by atoms with Crippen molar-refractivity contribution in [2.24, 2.45) is 0 Å². The first-order chi connectivity index (χ1) is 12.0. The van der Waals surface area contributed by atoms with E-state index in [4.69, 9.17) is 4.42 Å². The van der Waals surface area contributed by atoms with Gasteiger partial charge >= 0.3 is 0 Å². The van der Waals surface area contributed by atoms with Gasteiger partial charge in [-0.25, -0.2) is 0 Å². The molecule has 0 bridgehead atoms. The van der Waals surface area contributed by atoms with Gasteiger partial charge in [0.1, 0.15) is 0 Å². The van der Waals surface area contributed by atoms with Crippen LogP contribution < -0.4 is 16.2 Å². The monoisotopic (exact) mass is 404 g/mol. The molecular weight excluding hydrogens is 392 g/mol. The number of aromatic amines is 1. The number of H-pyrrole nitrogens is 1. The van der Waals surface area contributed by atoms with Crippen molar-refractivity contribution in [3.8, 4) is 0 Å². The summed E-state index contributed by atoms with van der Waals surface area (Å²) in [7, 11) is 0. The van der Waals surface area contributed by atoms with Gasteiger partial charge in [0.2, 0.25) is 0 Å². The third-order valence-corrected chi connectivity index (χ3v) is 3.78. The Morgan fingerprint density at radius 3 is 2.60 bits per heavy atom. The van der Waals surface area contributed by atoms with E-state index in [1.807, 2.05) is 18.2 Å². The van der Waals surface area contributed by atoms with Crippen LogP contribution in [0.15, 0.2) is 51.7 Å². The summed E-state index contributed by atoms with van der Waals surface area (Å²) in [5.74, 6) is -1.51. The fraction of sp³-hybridized carbons (Fsp3) is 0.0625. The van der Waals surface area contributed by atoms with E-state index in [0.717, 1.165) is 10.9 Å². The number of nitrogens with one attached hydrogen (secondary N) is 4. The van der Waals surface area contributed by atoms with Crippen LogP contribution in [-0.4, -0.2) is 29.3 Å². The van der Waals surface area contributed by atoms with Crippen LogP contribution in [-0.2, 0) is 4.79 Å². The molecule has 0 spiro atoms. The van der Waals surface area contributed by atoms with Crippen molar-refractivity contribution in [3.63, 3.8) is 0 Å². The van der Waals surface area contributed by atoms with Gasteiger partial charge in [-0.15, -0.1) is 0 Å². The number of amides is 3. The molecule has 3 amide bonds. The van der Waals surface area contributed by atoms with Crippen LogP contribution in [0.5, 0.6) is 0 Å². The Balaban J connectivity index is 1.50. The number of carbonyl (C=O) groups excluding carboxylic acids is 3. The molecule has 0 saturated heterocycles. The second-order valence-corrected chi connectivity index (χ2v) is 5.82. The van der Waals surface area contributed by atoms with Gasteiger partial charge in [-0.2, -0.15) is 0 Å². The van der Waals surface area contributed by atoms with Crippen LogP contribution in [0, 0.1) is 0 Å². The lowest BCUT2D eigenvalue weighted by Gasteiger charge is -2.07. The highest BCUT2D eigenvalue weighted by Crippen LogP contribution is 2.17. The van der Waals surface area contributed by atoms with Gasteiger partial charge in [-0.1, -0.05) is 18.2 Å². The highest BCUT2D eigenvalue weighted by atomic mass is 79.9. The summed E-state index contributed by atoms with van der Waals surface area (Å²) in [6.07, 6.45) is 1.56. The standard InChI is InChI=1S/C16H13BrN4O4/c17-13-6-5-12(25-13)16(24)19-8-14(22)20-21-15(23)10-7-18-11-4-2-1-3-9(10)11/h1-7,18H,8H2,(H,19,24)(H,20,22)(H,21,23). The van der Waals surface area contributed by atoms with Gasteiger partial charge in [0, 0.05) is 17.1 Å². The molecule has 2 heterocycles. The maximum absolute atomic E-state index is 12.1. The molecule has 9 heteroatoms. The molecule has 2 aromatic heterocycles. The minimum Gasteiger partial charge on any atom is -0.444 e. The number of rotatable bonds is 4. The van der Waals surface area contributed by atoms with E-state index in [1.54, 1.807) is 18.3 Å². The Morgan fingerprint density at radius 1 is 1.04 bits per heavy atom. The smallest absolute Gasteiger partial charge is 0.287 e. The number of aromatic nitrogens is 1. The molecule has 8 nitrogen and oxygen atoms in total. The Bertz CT molecular complexity index is 946. The molecule has 0 atom stereocenters. The maximum Gasteiger partial charge on any atom is 0.287 e. The van der Waals surface area contributed by atoms with Crippen molar-refractivity contribution >= 4 is 44.6 Å². The first-order valence-electron chi connectivity index (χ1n) is 7.23. The number of hydrazine groups is 1. The number of carbonyl (C=O) groups is 3. The second kappa shape index (κ2) is 7.22. The van der Waals surface area contributed by atoms with Crippen molar-refractivity contribution in [1.82, 2.24) is 21.2 Å². The SMILES string of the molecule is O=C(CNC(=O)c1ccc(Br)o1)NNC(=O)c1c[nH]c2ccccc12. The Hall–Kier alpha value is -3.07. The summed E-state index contributed by atoms with van der Waals surface area (Å²) >= 11 is 3.08. The summed E-state index contributed by atoms with van der Waals surface area (Å²) in [5.41, 5.74) is 5.76. The molecule has 25 heavy (non-hydrogen) atoms. The molecular formula is C16H13BrN4O4. The number of furan rings is 1. The molecule has 3 rings (SSSR count). The van der Waals surface area contributed by atoms with Gasteiger partial charge in [0.25, 0.3) is 17.7 Å². The summed E-state index contributed by atoms with van der Waals surface area (Å²) in [6, 6.07) is 10.3. The minimum absolute atomic E-state index is 0.0718. The fourth-order valence-electron chi connectivity index (χ4n) is 2.18. The zero-order valence-corrected chi connectivity index (χ0v) is 14.3. The van der Waals surface area contributed by atoms with Crippen molar-refractivity contribution in [3.05, 3.63) is 58.6 Å². The zero-order chi connectivity index (χ0) is 17.8. The summed E-state index contributed by atoms with van der Waals surface area (Å²) in [6.45, 7) is -0.314. The zero-order valence-electron chi connectivity index (χ0n) is 12.8. The molecule has 0 aliphatic heterocycles. The van der Waals surface area contributed by atoms with Crippen LogP contribution in [0.4, 0.5) is 0 Å². The molecule has 128 valence electrons. The molecule has 0 radical (unpaired) electrons. The molecule has 3 aromatic rings. The molecule has 0 aliphatic carbocycles. The van der Waals surface area contributed by atoms with Crippen molar-refractivity contribution in [1.29, 1.82) is 0 Å². The van der Waals surface area contributed by atoms with Gasteiger partial charge in [0.05, 0.1) is 12.1 Å². The van der Waals surface area contributed by atoms with Crippen LogP contribution >= 0.6 is 15.9 Å². The predicted octanol–water partition coefficient (Wildman–Crippen LogP) is 1.71. The predicted molar refractivity (Wildman–Crippen MR) is 92.6 cm³/mol. The topological polar surface area (TPSA) is 116 Å². The number of hydrogen-bond donors (Lipinski definition) is 4. The average Bonchev–Trinajstić information content (AvgIpc) is 3.23. The summed E-state index contributed by atoms with van der Waals surface area (Å²) < 4.78 is 5.48. The quantitative estimate of drug-likeness (QED) is 0.495. The summed E-state index contributed by atoms with van der Waals surface area (Å²) in [5, 5.41) is 3.12. The summed E-state index contributed by atoms with van der Waals surface area (Å²) in [4.78, 5) is 38.6. The van der Waals surface area contributed by atoms with E-state index in [1.165, 1.54) is 6.07 Å². The maximum atomic E-state index is 12.1. The normalized spacial score (nSPS) is 10.4. The lowest BCUT2D eigenvalue weighted by molar-refractivity contribution is -0.120. The van der Waals surface area contributed by atoms with Crippen LogP contribution in [0.1, 0.15) is 20.9 Å².